The summed E-state index contributed by atoms with van der Waals surface area (Å²) in [5.41, 5.74) is 2.16. The van der Waals surface area contributed by atoms with Gasteiger partial charge < -0.3 is 0 Å². The van der Waals surface area contributed by atoms with Crippen molar-refractivity contribution < 1.29 is 0 Å². The summed E-state index contributed by atoms with van der Waals surface area (Å²) in [6.07, 6.45) is 13.1. The highest BCUT2D eigenvalue weighted by atomic mass is 16.1. The Bertz CT molecular complexity index is 1480. The molecule has 0 bridgehead atoms. The molecule has 0 spiro atoms. The minimum Gasteiger partial charge on any atom is -0.295 e. The van der Waals surface area contributed by atoms with Crippen molar-refractivity contribution in [2.45, 2.75) is 70.9 Å². The van der Waals surface area contributed by atoms with Crippen molar-refractivity contribution in [3.63, 3.8) is 0 Å². The van der Waals surface area contributed by atoms with Gasteiger partial charge in [0, 0.05) is 47.9 Å². The fourth-order valence-electron chi connectivity index (χ4n) is 4.90. The minimum atomic E-state index is -0.456. The van der Waals surface area contributed by atoms with Crippen LogP contribution in [-0.4, -0.2) is 45.8 Å². The standard InChI is InChI=1S/C27H33N9O/c1-5-6-10-22-18-34(23-11-14-29-36(23)26(2,3)4)25(37)35(22)19-27(12-15-28-16-13-27)21-9-7-8-20(17-21)24-30-32-33-31-24/h7-9,11-12,14-18H,5-6,10,13,19H2,1-4H3,(H,30,31,32,33). The predicted octanol–water partition coefficient (Wildman–Crippen LogP) is 4.04. The average molecular weight is 500 g/mol. The first-order valence-electron chi connectivity index (χ1n) is 12.7. The third-order valence-electron chi connectivity index (χ3n) is 6.88. The number of imidazole rings is 1. The van der Waals surface area contributed by atoms with Gasteiger partial charge in [-0.3, -0.25) is 14.1 Å². The maximum Gasteiger partial charge on any atom is 0.334 e. The second-order valence-corrected chi connectivity index (χ2v) is 10.6. The highest BCUT2D eigenvalue weighted by molar-refractivity contribution is 5.65. The highest BCUT2D eigenvalue weighted by Gasteiger charge is 2.33. The van der Waals surface area contributed by atoms with E-state index in [-0.39, 0.29) is 11.2 Å². The van der Waals surface area contributed by atoms with Gasteiger partial charge in [0.2, 0.25) is 5.82 Å². The first kappa shape index (κ1) is 24.6. The lowest BCUT2D eigenvalue weighted by molar-refractivity contribution is 0.350. The van der Waals surface area contributed by atoms with Crippen molar-refractivity contribution >= 4 is 6.21 Å². The number of unbranched alkanes of at least 4 members (excludes halogenated alkanes) is 1. The molecule has 0 saturated carbocycles. The summed E-state index contributed by atoms with van der Waals surface area (Å²) in [5.74, 6) is 1.30. The molecule has 3 aromatic heterocycles. The van der Waals surface area contributed by atoms with Crippen LogP contribution in [0.25, 0.3) is 17.2 Å². The van der Waals surface area contributed by atoms with Crippen LogP contribution in [0.2, 0.25) is 0 Å². The maximum atomic E-state index is 14.0. The largest absolute Gasteiger partial charge is 0.334 e. The second-order valence-electron chi connectivity index (χ2n) is 10.6. The minimum absolute atomic E-state index is 0.0679. The first-order valence-corrected chi connectivity index (χ1v) is 12.7. The van der Waals surface area contributed by atoms with Crippen molar-refractivity contribution in [1.29, 1.82) is 0 Å². The van der Waals surface area contributed by atoms with Crippen LogP contribution < -0.4 is 5.69 Å². The van der Waals surface area contributed by atoms with Gasteiger partial charge in [-0.05, 0) is 56.9 Å². The van der Waals surface area contributed by atoms with E-state index in [1.165, 1.54) is 0 Å². The Morgan fingerprint density at radius 2 is 2.05 bits per heavy atom. The number of rotatable bonds is 8. The summed E-state index contributed by atoms with van der Waals surface area (Å²) in [5, 5.41) is 19.0. The second kappa shape index (κ2) is 9.76. The Balaban J connectivity index is 1.62. The number of allylic oxidation sites excluding steroid dienone is 1. The number of nitrogens with zero attached hydrogens (tertiary/aromatic N) is 8. The summed E-state index contributed by atoms with van der Waals surface area (Å²) in [6.45, 7) is 8.91. The fraction of sp³-hybridized carbons (Fsp3) is 0.407. The number of hydrogen-bond acceptors (Lipinski definition) is 6. The summed E-state index contributed by atoms with van der Waals surface area (Å²) in [4.78, 5) is 18.4. The van der Waals surface area contributed by atoms with E-state index in [1.54, 1.807) is 10.8 Å². The van der Waals surface area contributed by atoms with Crippen molar-refractivity contribution in [3.05, 3.63) is 76.7 Å². The van der Waals surface area contributed by atoms with Gasteiger partial charge in [0.1, 0.15) is 5.82 Å². The lowest BCUT2D eigenvalue weighted by atomic mass is 9.76. The molecule has 4 heterocycles. The molecular weight excluding hydrogens is 466 g/mol. The van der Waals surface area contributed by atoms with E-state index >= 15 is 0 Å². The molecule has 192 valence electrons. The van der Waals surface area contributed by atoms with Crippen molar-refractivity contribution in [1.82, 2.24) is 39.5 Å². The van der Waals surface area contributed by atoms with E-state index < -0.39 is 5.41 Å². The summed E-state index contributed by atoms with van der Waals surface area (Å²) in [6, 6.07) is 10.0. The molecule has 4 aromatic rings. The Kier molecular flexibility index (Phi) is 6.49. The average Bonchev–Trinajstić information content (AvgIpc) is 3.65. The number of hydrogen-bond donors (Lipinski definition) is 1. The quantitative estimate of drug-likeness (QED) is 0.393. The van der Waals surface area contributed by atoms with Crippen LogP contribution in [-0.2, 0) is 23.9 Å². The molecule has 1 aliphatic heterocycles. The van der Waals surface area contributed by atoms with Gasteiger partial charge in [0.05, 0.1) is 11.7 Å². The molecule has 1 aliphatic rings. The van der Waals surface area contributed by atoms with Crippen LogP contribution in [0.15, 0.2) is 64.8 Å². The molecule has 10 heteroatoms. The highest BCUT2D eigenvalue weighted by Crippen LogP contribution is 2.35. The van der Waals surface area contributed by atoms with E-state index in [4.69, 9.17) is 0 Å². The summed E-state index contributed by atoms with van der Waals surface area (Å²) < 4.78 is 5.58. The molecule has 1 atom stereocenters. The van der Waals surface area contributed by atoms with Crippen LogP contribution in [0.3, 0.4) is 0 Å². The molecule has 0 fully saturated rings. The SMILES string of the molecule is CCCCc1cn(-c2ccnn2C(C)(C)C)c(=O)n1CC1(c2cccc(-c3nn[nH]n3)c2)C=CN=CC1. The Morgan fingerprint density at radius 1 is 1.19 bits per heavy atom. The summed E-state index contributed by atoms with van der Waals surface area (Å²) in [7, 11) is 0. The van der Waals surface area contributed by atoms with Gasteiger partial charge in [-0.25, -0.2) is 9.48 Å². The lowest BCUT2D eigenvalue weighted by Gasteiger charge is -2.32. The van der Waals surface area contributed by atoms with Crippen molar-refractivity contribution in [3.8, 4) is 17.2 Å². The van der Waals surface area contributed by atoms with Crippen molar-refractivity contribution in [2.24, 2.45) is 4.99 Å². The number of aliphatic imine (C=N–C) groups is 1. The maximum absolute atomic E-state index is 14.0. The van der Waals surface area contributed by atoms with Gasteiger partial charge >= 0.3 is 5.69 Å². The monoisotopic (exact) mass is 499 g/mol. The van der Waals surface area contributed by atoms with Crippen LogP contribution >= 0.6 is 0 Å². The predicted molar refractivity (Wildman–Crippen MR) is 143 cm³/mol. The Hall–Kier alpha value is -4.08. The number of nitrogens with one attached hydrogen (secondary N) is 1. The number of H-pyrrole nitrogens is 1. The van der Waals surface area contributed by atoms with E-state index in [0.29, 0.717) is 18.8 Å². The zero-order valence-corrected chi connectivity index (χ0v) is 21.8. The number of benzene rings is 1. The summed E-state index contributed by atoms with van der Waals surface area (Å²) >= 11 is 0. The third kappa shape index (κ3) is 4.71. The van der Waals surface area contributed by atoms with Crippen LogP contribution in [0.5, 0.6) is 0 Å². The topological polar surface area (TPSA) is 112 Å². The number of aryl methyl sites for hydroxylation is 1. The Morgan fingerprint density at radius 3 is 2.76 bits per heavy atom. The molecule has 0 amide bonds. The van der Waals surface area contributed by atoms with Crippen LogP contribution in [0.4, 0.5) is 0 Å². The smallest absolute Gasteiger partial charge is 0.295 e. The Labute approximate surface area is 215 Å². The molecule has 1 unspecified atom stereocenters. The van der Waals surface area contributed by atoms with Crippen LogP contribution in [0.1, 0.15) is 58.2 Å². The van der Waals surface area contributed by atoms with Crippen molar-refractivity contribution in [2.75, 3.05) is 0 Å². The lowest BCUT2D eigenvalue weighted by Crippen LogP contribution is -2.37. The zero-order chi connectivity index (χ0) is 26.0. The van der Waals surface area contributed by atoms with Gasteiger partial charge in [-0.2, -0.15) is 10.3 Å². The third-order valence-corrected chi connectivity index (χ3v) is 6.88. The molecule has 10 nitrogen and oxygen atoms in total. The first-order chi connectivity index (χ1) is 17.8. The molecular formula is C27H33N9O. The van der Waals surface area contributed by atoms with E-state index in [0.717, 1.165) is 41.9 Å². The normalized spacial score (nSPS) is 17.5. The molecule has 0 radical (unpaired) electrons. The fourth-order valence-corrected chi connectivity index (χ4v) is 4.90. The number of aromatic amines is 1. The molecule has 37 heavy (non-hydrogen) atoms. The molecule has 1 aromatic carbocycles. The van der Waals surface area contributed by atoms with Gasteiger partial charge in [0.15, 0.2) is 0 Å². The number of aromatic nitrogens is 8. The van der Waals surface area contributed by atoms with Gasteiger partial charge in [-0.1, -0.05) is 37.6 Å². The number of tetrazole rings is 1. The molecule has 5 rings (SSSR count). The van der Waals surface area contributed by atoms with Gasteiger partial charge in [0.25, 0.3) is 0 Å². The van der Waals surface area contributed by atoms with E-state index in [2.05, 4.69) is 76.6 Å². The van der Waals surface area contributed by atoms with Gasteiger partial charge in [-0.15, -0.1) is 10.2 Å². The van der Waals surface area contributed by atoms with E-state index in [9.17, 15) is 4.79 Å². The molecule has 1 N–H and O–H groups in total. The van der Waals surface area contributed by atoms with E-state index in [1.807, 2.05) is 46.1 Å². The van der Waals surface area contributed by atoms with Crippen LogP contribution in [0, 0.1) is 0 Å². The zero-order valence-electron chi connectivity index (χ0n) is 21.8. The molecule has 0 aliphatic carbocycles. The molecule has 0 saturated heterocycles.